The van der Waals surface area contributed by atoms with Gasteiger partial charge in [0, 0.05) is 30.3 Å². The molecule has 7 nitrogen and oxygen atoms in total. The van der Waals surface area contributed by atoms with Gasteiger partial charge in [-0.05, 0) is 39.2 Å². The second kappa shape index (κ2) is 7.55. The molecular weight excluding hydrogens is 296 g/mol. The first-order valence-electron chi connectivity index (χ1n) is 7.23. The van der Waals surface area contributed by atoms with Crippen LogP contribution in [0.3, 0.4) is 0 Å². The maximum atomic E-state index is 12.2. The Morgan fingerprint density at radius 2 is 1.87 bits per heavy atom. The summed E-state index contributed by atoms with van der Waals surface area (Å²) in [5.41, 5.74) is 0.818. The normalized spacial score (nSPS) is 10.6. The number of carbonyl (C=O) groups excluding carboxylic acids is 2. The molecule has 1 aromatic heterocycles. The highest BCUT2D eigenvalue weighted by Gasteiger charge is 2.12. The fourth-order valence-electron chi connectivity index (χ4n) is 1.91. The maximum Gasteiger partial charge on any atom is 0.256 e. The third kappa shape index (κ3) is 4.93. The van der Waals surface area contributed by atoms with Crippen LogP contribution >= 0.6 is 0 Å². The van der Waals surface area contributed by atoms with E-state index in [1.807, 2.05) is 19.0 Å². The van der Waals surface area contributed by atoms with Crippen molar-refractivity contribution in [2.24, 2.45) is 0 Å². The van der Waals surface area contributed by atoms with Crippen LogP contribution in [0.2, 0.25) is 0 Å². The van der Waals surface area contributed by atoms with Gasteiger partial charge in [-0.2, -0.15) is 0 Å². The molecule has 0 saturated heterocycles. The summed E-state index contributed by atoms with van der Waals surface area (Å²) in [4.78, 5) is 26.2. The van der Waals surface area contributed by atoms with Crippen molar-refractivity contribution in [3.05, 3.63) is 47.2 Å². The zero-order chi connectivity index (χ0) is 16.8. The van der Waals surface area contributed by atoms with Crippen molar-refractivity contribution in [3.63, 3.8) is 0 Å². The lowest BCUT2D eigenvalue weighted by atomic mass is 10.1. The van der Waals surface area contributed by atoms with Gasteiger partial charge >= 0.3 is 0 Å². The molecule has 122 valence electrons. The van der Waals surface area contributed by atoms with Crippen LogP contribution in [0, 0.1) is 6.92 Å². The van der Waals surface area contributed by atoms with Gasteiger partial charge in [0.1, 0.15) is 5.76 Å². The Kier molecular flexibility index (Phi) is 5.48. The number of benzene rings is 1. The van der Waals surface area contributed by atoms with E-state index in [2.05, 4.69) is 15.8 Å². The van der Waals surface area contributed by atoms with E-state index in [1.165, 1.54) is 0 Å². The molecule has 2 rings (SSSR count). The van der Waals surface area contributed by atoms with E-state index in [-0.39, 0.29) is 11.8 Å². The van der Waals surface area contributed by atoms with Crippen molar-refractivity contribution in [1.29, 1.82) is 0 Å². The Morgan fingerprint density at radius 1 is 1.17 bits per heavy atom. The first-order valence-corrected chi connectivity index (χ1v) is 7.23. The number of carbonyl (C=O) groups is 2. The van der Waals surface area contributed by atoms with Crippen molar-refractivity contribution in [2.45, 2.75) is 6.92 Å². The van der Waals surface area contributed by atoms with Crippen molar-refractivity contribution >= 4 is 17.6 Å². The largest absolute Gasteiger partial charge is 0.360 e. The summed E-state index contributed by atoms with van der Waals surface area (Å²) in [6.07, 6.45) is 0. The Labute approximate surface area is 134 Å². The van der Waals surface area contributed by atoms with Crippen LogP contribution in [0.5, 0.6) is 0 Å². The maximum absolute atomic E-state index is 12.2. The second-order valence-corrected chi connectivity index (χ2v) is 5.42. The Bertz CT molecular complexity index is 694. The predicted molar refractivity (Wildman–Crippen MR) is 86.5 cm³/mol. The SMILES string of the molecule is Cc1cc(NC(=O)c2cccc(C(=O)NCCN(C)C)c2)no1. The Balaban J connectivity index is 2.01. The molecule has 0 radical (unpaired) electrons. The molecule has 0 fully saturated rings. The molecule has 0 saturated carbocycles. The van der Waals surface area contributed by atoms with Gasteiger partial charge in [-0.3, -0.25) is 9.59 Å². The molecule has 2 aromatic rings. The summed E-state index contributed by atoms with van der Waals surface area (Å²) in [7, 11) is 3.87. The monoisotopic (exact) mass is 316 g/mol. The number of nitrogens with one attached hydrogen (secondary N) is 2. The van der Waals surface area contributed by atoms with Crippen LogP contribution in [-0.2, 0) is 0 Å². The molecule has 23 heavy (non-hydrogen) atoms. The highest BCUT2D eigenvalue weighted by Crippen LogP contribution is 2.11. The fourth-order valence-corrected chi connectivity index (χ4v) is 1.91. The van der Waals surface area contributed by atoms with Crippen LogP contribution < -0.4 is 10.6 Å². The summed E-state index contributed by atoms with van der Waals surface area (Å²) >= 11 is 0. The summed E-state index contributed by atoms with van der Waals surface area (Å²) < 4.78 is 4.89. The van der Waals surface area contributed by atoms with Gasteiger partial charge in [0.2, 0.25) is 0 Å². The average Bonchev–Trinajstić information content (AvgIpc) is 2.92. The third-order valence-corrected chi connectivity index (χ3v) is 3.10. The van der Waals surface area contributed by atoms with E-state index in [9.17, 15) is 9.59 Å². The molecule has 2 N–H and O–H groups in total. The van der Waals surface area contributed by atoms with Crippen molar-refractivity contribution in [1.82, 2.24) is 15.4 Å². The number of aryl methyl sites for hydroxylation is 1. The first kappa shape index (κ1) is 16.7. The lowest BCUT2D eigenvalue weighted by Gasteiger charge is -2.10. The van der Waals surface area contributed by atoms with Gasteiger partial charge < -0.3 is 20.1 Å². The third-order valence-electron chi connectivity index (χ3n) is 3.10. The van der Waals surface area contributed by atoms with Crippen LogP contribution in [-0.4, -0.2) is 49.1 Å². The molecule has 1 aromatic carbocycles. The van der Waals surface area contributed by atoms with Gasteiger partial charge in [0.05, 0.1) is 0 Å². The number of rotatable bonds is 6. The summed E-state index contributed by atoms with van der Waals surface area (Å²) in [6.45, 7) is 3.03. The van der Waals surface area contributed by atoms with Crippen LogP contribution in [0.25, 0.3) is 0 Å². The molecule has 2 amide bonds. The topological polar surface area (TPSA) is 87.5 Å². The van der Waals surface area contributed by atoms with Gasteiger partial charge in [0.25, 0.3) is 11.8 Å². The number of hydrogen-bond donors (Lipinski definition) is 2. The van der Waals surface area contributed by atoms with Crippen LogP contribution in [0.1, 0.15) is 26.5 Å². The highest BCUT2D eigenvalue weighted by atomic mass is 16.5. The molecule has 0 aliphatic rings. The minimum Gasteiger partial charge on any atom is -0.360 e. The summed E-state index contributed by atoms with van der Waals surface area (Å²) in [5.74, 6) is 0.391. The molecule has 7 heteroatoms. The Hall–Kier alpha value is -2.67. The number of amides is 2. The van der Waals surface area contributed by atoms with E-state index in [1.54, 1.807) is 37.3 Å². The molecule has 1 heterocycles. The van der Waals surface area contributed by atoms with E-state index in [0.29, 0.717) is 29.2 Å². The van der Waals surface area contributed by atoms with E-state index >= 15 is 0 Å². The second-order valence-electron chi connectivity index (χ2n) is 5.42. The summed E-state index contributed by atoms with van der Waals surface area (Å²) in [6, 6.07) is 8.15. The zero-order valence-electron chi connectivity index (χ0n) is 13.4. The minimum absolute atomic E-state index is 0.209. The predicted octanol–water partition coefficient (Wildman–Crippen LogP) is 1.53. The van der Waals surface area contributed by atoms with Crippen molar-refractivity contribution in [2.75, 3.05) is 32.5 Å². The average molecular weight is 316 g/mol. The lowest BCUT2D eigenvalue weighted by molar-refractivity contribution is 0.0951. The van der Waals surface area contributed by atoms with Crippen molar-refractivity contribution in [3.8, 4) is 0 Å². The Morgan fingerprint density at radius 3 is 2.48 bits per heavy atom. The van der Waals surface area contributed by atoms with E-state index in [4.69, 9.17) is 4.52 Å². The van der Waals surface area contributed by atoms with E-state index in [0.717, 1.165) is 6.54 Å². The summed E-state index contributed by atoms with van der Waals surface area (Å²) in [5, 5.41) is 9.14. The van der Waals surface area contributed by atoms with Crippen LogP contribution in [0.15, 0.2) is 34.9 Å². The van der Waals surface area contributed by atoms with Gasteiger partial charge in [0.15, 0.2) is 5.82 Å². The molecule has 0 bridgehead atoms. The van der Waals surface area contributed by atoms with Gasteiger partial charge in [-0.15, -0.1) is 0 Å². The van der Waals surface area contributed by atoms with Gasteiger partial charge in [-0.25, -0.2) is 0 Å². The quantitative estimate of drug-likeness (QED) is 0.844. The number of anilines is 1. The molecule has 0 atom stereocenters. The standard InChI is InChI=1S/C16H20N4O3/c1-11-9-14(19-23-11)18-16(22)13-6-4-5-12(10-13)15(21)17-7-8-20(2)3/h4-6,9-10H,7-8H2,1-3H3,(H,17,21)(H,18,19,22). The highest BCUT2D eigenvalue weighted by molar-refractivity contribution is 6.05. The zero-order valence-corrected chi connectivity index (χ0v) is 13.4. The fraction of sp³-hybridized carbons (Fsp3) is 0.312. The van der Waals surface area contributed by atoms with Crippen molar-refractivity contribution < 1.29 is 14.1 Å². The molecular formula is C16H20N4O3. The minimum atomic E-state index is -0.346. The molecule has 0 spiro atoms. The number of nitrogens with zero attached hydrogens (tertiary/aromatic N) is 2. The molecule has 0 unspecified atom stereocenters. The molecule has 0 aliphatic heterocycles. The smallest absolute Gasteiger partial charge is 0.256 e. The number of hydrogen-bond acceptors (Lipinski definition) is 5. The number of aromatic nitrogens is 1. The van der Waals surface area contributed by atoms with Crippen LogP contribution in [0.4, 0.5) is 5.82 Å². The first-order chi connectivity index (χ1) is 11.0. The number of likely N-dealkylation sites (N-methyl/N-ethyl adjacent to an activating group) is 1. The lowest BCUT2D eigenvalue weighted by Crippen LogP contribution is -2.31. The molecule has 0 aliphatic carbocycles. The van der Waals surface area contributed by atoms with E-state index < -0.39 is 0 Å². The van der Waals surface area contributed by atoms with Gasteiger partial charge in [-0.1, -0.05) is 11.2 Å².